The van der Waals surface area contributed by atoms with E-state index in [1.807, 2.05) is 65.4 Å². The Balaban J connectivity index is 1.45. The van der Waals surface area contributed by atoms with Crippen LogP contribution in [0.1, 0.15) is 43.9 Å². The number of nitrogens with one attached hydrogen (secondary N) is 3. The predicted molar refractivity (Wildman–Crippen MR) is 186 cm³/mol. The van der Waals surface area contributed by atoms with Gasteiger partial charge in [-0.3, -0.25) is 14.9 Å². The molecule has 0 spiro atoms. The van der Waals surface area contributed by atoms with Crippen LogP contribution in [0.5, 0.6) is 5.75 Å². The van der Waals surface area contributed by atoms with Crippen LogP contribution in [0.3, 0.4) is 0 Å². The first-order chi connectivity index (χ1) is 23.3. The van der Waals surface area contributed by atoms with Crippen molar-refractivity contribution in [2.75, 3.05) is 11.9 Å². The van der Waals surface area contributed by atoms with Gasteiger partial charge in [0.25, 0.3) is 21.6 Å². The lowest BCUT2D eigenvalue weighted by atomic mass is 10.1. The number of aryl methyl sites for hydroxylation is 1. The standard InChI is InChI=1S/C36H40N4O8S/c1-36(2,3)48-35(42)38-32(23-27-16-18-29(19-17-27)47-25-28-13-8-5-9-14-28)34(41)39-49(45,46)30-20-21-31(33(24-30)40(43)44)37-22-10-15-26-11-6-4-7-12-26/h4-9,11-14,16-21,24,32,37H,10,15,22-23,25H2,1-3H3,(H,38,42)(H,39,41)/t32-/m0/s1. The van der Waals surface area contributed by atoms with E-state index in [0.29, 0.717) is 30.9 Å². The van der Waals surface area contributed by atoms with E-state index in [9.17, 15) is 28.1 Å². The Hall–Kier alpha value is -5.43. The van der Waals surface area contributed by atoms with Gasteiger partial charge in [-0.1, -0.05) is 72.8 Å². The Morgan fingerprint density at radius 1 is 0.857 bits per heavy atom. The number of benzene rings is 4. The Labute approximate surface area is 286 Å². The lowest BCUT2D eigenvalue weighted by Gasteiger charge is -2.23. The van der Waals surface area contributed by atoms with Crippen LogP contribution in [0.4, 0.5) is 16.2 Å². The van der Waals surface area contributed by atoms with Crippen molar-refractivity contribution >= 4 is 33.4 Å². The Morgan fingerprint density at radius 3 is 2.10 bits per heavy atom. The normalized spacial score (nSPS) is 12.0. The second-order valence-electron chi connectivity index (χ2n) is 12.2. The summed E-state index contributed by atoms with van der Waals surface area (Å²) in [5.41, 5.74) is 1.50. The zero-order valence-corrected chi connectivity index (χ0v) is 28.4. The van der Waals surface area contributed by atoms with E-state index in [1.165, 1.54) is 12.1 Å². The van der Waals surface area contributed by atoms with Crippen molar-refractivity contribution in [2.24, 2.45) is 0 Å². The molecule has 0 saturated heterocycles. The summed E-state index contributed by atoms with van der Waals surface area (Å²) in [5.74, 6) is -0.479. The maximum Gasteiger partial charge on any atom is 0.408 e. The summed E-state index contributed by atoms with van der Waals surface area (Å²) >= 11 is 0. The monoisotopic (exact) mass is 688 g/mol. The number of hydrogen-bond acceptors (Lipinski definition) is 9. The molecule has 0 fully saturated rings. The van der Waals surface area contributed by atoms with E-state index < -0.39 is 49.2 Å². The molecule has 0 unspecified atom stereocenters. The number of carbonyl (C=O) groups excluding carboxylic acids is 2. The molecule has 4 aromatic carbocycles. The van der Waals surface area contributed by atoms with Crippen LogP contribution in [-0.2, 0) is 39.0 Å². The molecular weight excluding hydrogens is 648 g/mol. The average Bonchev–Trinajstić information content (AvgIpc) is 3.06. The molecule has 0 bridgehead atoms. The third kappa shape index (κ3) is 11.6. The highest BCUT2D eigenvalue weighted by atomic mass is 32.2. The van der Waals surface area contributed by atoms with Crippen molar-refractivity contribution in [1.29, 1.82) is 0 Å². The van der Waals surface area contributed by atoms with E-state index in [0.717, 1.165) is 23.6 Å². The average molecular weight is 689 g/mol. The molecule has 0 saturated carbocycles. The molecule has 258 valence electrons. The van der Waals surface area contributed by atoms with Crippen LogP contribution in [-0.4, -0.2) is 43.5 Å². The van der Waals surface area contributed by atoms with E-state index in [4.69, 9.17) is 9.47 Å². The third-order valence-electron chi connectivity index (χ3n) is 7.13. The Morgan fingerprint density at radius 2 is 1.49 bits per heavy atom. The van der Waals surface area contributed by atoms with Crippen molar-refractivity contribution in [3.05, 3.63) is 130 Å². The molecule has 1 atom stereocenters. The Kier molecular flexibility index (Phi) is 12.3. The van der Waals surface area contributed by atoms with Gasteiger partial charge in [0.2, 0.25) is 0 Å². The van der Waals surface area contributed by atoms with Crippen molar-refractivity contribution in [1.82, 2.24) is 10.0 Å². The summed E-state index contributed by atoms with van der Waals surface area (Å²) in [6, 6.07) is 28.1. The highest BCUT2D eigenvalue weighted by Crippen LogP contribution is 2.28. The first kappa shape index (κ1) is 36.4. The van der Waals surface area contributed by atoms with E-state index in [-0.39, 0.29) is 12.1 Å². The number of nitrogens with zero attached hydrogens (tertiary/aromatic N) is 1. The minimum Gasteiger partial charge on any atom is -0.489 e. The second-order valence-corrected chi connectivity index (χ2v) is 13.9. The van der Waals surface area contributed by atoms with Crippen LogP contribution in [0.15, 0.2) is 108 Å². The maximum absolute atomic E-state index is 13.4. The van der Waals surface area contributed by atoms with Gasteiger partial charge in [0, 0.05) is 19.0 Å². The molecule has 0 heterocycles. The summed E-state index contributed by atoms with van der Waals surface area (Å²) in [5, 5.41) is 17.3. The van der Waals surface area contributed by atoms with Gasteiger partial charge < -0.3 is 20.1 Å². The topological polar surface area (TPSA) is 166 Å². The fraction of sp³-hybridized carbons (Fsp3) is 0.278. The lowest BCUT2D eigenvalue weighted by Crippen LogP contribution is -2.50. The SMILES string of the molecule is CC(C)(C)OC(=O)N[C@@H](Cc1ccc(OCc2ccccc2)cc1)C(=O)NS(=O)(=O)c1ccc(NCCCc2ccccc2)c([N+](=O)[O-])c1. The molecule has 12 nitrogen and oxygen atoms in total. The molecule has 49 heavy (non-hydrogen) atoms. The number of carbonyl (C=O) groups is 2. The number of nitro groups is 1. The quantitative estimate of drug-likeness (QED) is 0.0753. The first-order valence-corrected chi connectivity index (χ1v) is 17.2. The number of hydrogen-bond donors (Lipinski definition) is 3. The van der Waals surface area contributed by atoms with Gasteiger partial charge in [0.05, 0.1) is 9.82 Å². The van der Waals surface area contributed by atoms with Crippen LogP contribution in [0, 0.1) is 10.1 Å². The number of sulfonamides is 1. The molecular formula is C36H40N4O8S. The molecule has 0 aliphatic carbocycles. The van der Waals surface area contributed by atoms with Crippen molar-refractivity contribution in [3.8, 4) is 5.75 Å². The third-order valence-corrected chi connectivity index (χ3v) is 8.48. The molecule has 13 heteroatoms. The number of anilines is 1. The number of alkyl carbamates (subject to hydrolysis) is 1. The first-order valence-electron chi connectivity index (χ1n) is 15.7. The predicted octanol–water partition coefficient (Wildman–Crippen LogP) is 6.16. The van der Waals surface area contributed by atoms with Crippen molar-refractivity contribution < 1.29 is 32.4 Å². The maximum atomic E-state index is 13.4. The molecule has 4 aromatic rings. The van der Waals surface area contributed by atoms with Gasteiger partial charge in [0.1, 0.15) is 29.7 Å². The fourth-order valence-electron chi connectivity index (χ4n) is 4.76. The second kappa shape index (κ2) is 16.6. The van der Waals surface area contributed by atoms with Gasteiger partial charge in [-0.2, -0.15) is 0 Å². The van der Waals surface area contributed by atoms with E-state index in [2.05, 4.69) is 10.6 Å². The van der Waals surface area contributed by atoms with Gasteiger partial charge >= 0.3 is 6.09 Å². The molecule has 0 aliphatic heterocycles. The van der Waals surface area contributed by atoms with Crippen LogP contribution in [0.25, 0.3) is 0 Å². The summed E-state index contributed by atoms with van der Waals surface area (Å²) in [6.45, 7) is 5.71. The largest absolute Gasteiger partial charge is 0.489 e. The zero-order valence-electron chi connectivity index (χ0n) is 27.5. The molecule has 2 amide bonds. The van der Waals surface area contributed by atoms with Crippen LogP contribution >= 0.6 is 0 Å². The zero-order chi connectivity index (χ0) is 35.4. The highest BCUT2D eigenvalue weighted by Gasteiger charge is 2.30. The number of nitro benzene ring substituents is 1. The van der Waals surface area contributed by atoms with Gasteiger partial charge in [-0.25, -0.2) is 17.9 Å². The molecule has 0 aliphatic rings. The van der Waals surface area contributed by atoms with Crippen LogP contribution in [0.2, 0.25) is 0 Å². The summed E-state index contributed by atoms with van der Waals surface area (Å²) in [4.78, 5) is 36.8. The molecule has 0 radical (unpaired) electrons. The van der Waals surface area contributed by atoms with Gasteiger partial charge in [-0.15, -0.1) is 0 Å². The van der Waals surface area contributed by atoms with Crippen LogP contribution < -0.4 is 20.1 Å². The van der Waals surface area contributed by atoms with Gasteiger partial charge in [-0.05, 0) is 74.6 Å². The molecule has 3 N–H and O–H groups in total. The highest BCUT2D eigenvalue weighted by molar-refractivity contribution is 7.90. The smallest absolute Gasteiger partial charge is 0.408 e. The minimum atomic E-state index is -4.59. The number of ether oxygens (including phenoxy) is 2. The fourth-order valence-corrected chi connectivity index (χ4v) is 5.80. The summed E-state index contributed by atoms with van der Waals surface area (Å²) in [7, 11) is -4.59. The lowest BCUT2D eigenvalue weighted by molar-refractivity contribution is -0.384. The number of amides is 2. The van der Waals surface area contributed by atoms with Crippen molar-refractivity contribution in [3.63, 3.8) is 0 Å². The van der Waals surface area contributed by atoms with E-state index in [1.54, 1.807) is 45.0 Å². The summed E-state index contributed by atoms with van der Waals surface area (Å²) in [6.07, 6.45) is 0.425. The molecule has 0 aromatic heterocycles. The summed E-state index contributed by atoms with van der Waals surface area (Å²) < 4.78 is 39.7. The van der Waals surface area contributed by atoms with Crippen molar-refractivity contribution in [2.45, 2.75) is 63.2 Å². The number of rotatable bonds is 15. The minimum absolute atomic E-state index is 0.0917. The van der Waals surface area contributed by atoms with Gasteiger partial charge in [0.15, 0.2) is 0 Å². The van der Waals surface area contributed by atoms with E-state index >= 15 is 0 Å². The molecule has 4 rings (SSSR count). The Bertz CT molecular complexity index is 1830.